The fraction of sp³-hybridized carbons (Fsp3) is 0.800. The first-order chi connectivity index (χ1) is 6.25. The number of carboxylic acids is 1. The third kappa shape index (κ3) is 2.47. The molecule has 0 aliphatic rings. The minimum Gasteiger partial charge on any atom is -0.480 e. The quantitative estimate of drug-likeness (QED) is 0.747. The first kappa shape index (κ1) is 12.9. The van der Waals surface area contributed by atoms with Gasteiger partial charge in [-0.1, -0.05) is 13.8 Å². The molecule has 0 aromatic heterocycles. The number of aliphatic carboxylic acids is 1. The van der Waals surface area contributed by atoms with Gasteiger partial charge in [-0.05, 0) is 20.3 Å². The van der Waals surface area contributed by atoms with Crippen molar-refractivity contribution in [1.29, 1.82) is 0 Å². The van der Waals surface area contributed by atoms with E-state index in [4.69, 9.17) is 5.11 Å². The predicted molar refractivity (Wildman–Crippen MR) is 53.9 cm³/mol. The fourth-order valence-corrected chi connectivity index (χ4v) is 0.924. The fourth-order valence-electron chi connectivity index (χ4n) is 0.924. The molecule has 0 rings (SSSR count). The first-order valence-corrected chi connectivity index (χ1v) is 4.76. The Kier molecular flexibility index (Phi) is 4.10. The Bertz CT molecular complexity index is 236. The maximum Gasteiger partial charge on any atom is 0.329 e. The average molecular weight is 201 g/mol. The lowest BCUT2D eigenvalue weighted by atomic mass is 10.00. The summed E-state index contributed by atoms with van der Waals surface area (Å²) in [6, 6.07) is 0. The summed E-state index contributed by atoms with van der Waals surface area (Å²) < 4.78 is 0. The van der Waals surface area contributed by atoms with Gasteiger partial charge in [-0.3, -0.25) is 4.79 Å². The van der Waals surface area contributed by atoms with E-state index >= 15 is 0 Å². The van der Waals surface area contributed by atoms with Gasteiger partial charge in [-0.15, -0.1) is 0 Å². The molecule has 82 valence electrons. The third-order valence-corrected chi connectivity index (χ3v) is 2.73. The zero-order chi connectivity index (χ0) is 11.5. The lowest BCUT2D eigenvalue weighted by Crippen LogP contribution is -2.52. The van der Waals surface area contributed by atoms with Gasteiger partial charge in [0.05, 0.1) is 0 Å². The van der Waals surface area contributed by atoms with Crippen LogP contribution in [-0.4, -0.2) is 34.5 Å². The summed E-state index contributed by atoms with van der Waals surface area (Å²) >= 11 is 0. The SMILES string of the molecule is CCC(C)C(=O)N(C)C(C)(C)C(=O)O. The Morgan fingerprint density at radius 3 is 2.14 bits per heavy atom. The summed E-state index contributed by atoms with van der Waals surface area (Å²) in [4.78, 5) is 23.9. The van der Waals surface area contributed by atoms with Crippen molar-refractivity contribution in [2.75, 3.05) is 7.05 Å². The smallest absolute Gasteiger partial charge is 0.329 e. The molecule has 0 aliphatic heterocycles. The van der Waals surface area contributed by atoms with E-state index in [1.165, 1.54) is 25.8 Å². The van der Waals surface area contributed by atoms with E-state index in [0.29, 0.717) is 0 Å². The van der Waals surface area contributed by atoms with Crippen LogP contribution >= 0.6 is 0 Å². The van der Waals surface area contributed by atoms with Crippen molar-refractivity contribution in [3.8, 4) is 0 Å². The molecule has 0 radical (unpaired) electrons. The normalized spacial score (nSPS) is 13.5. The number of carboxylic acid groups (broad SMARTS) is 1. The molecule has 4 heteroatoms. The first-order valence-electron chi connectivity index (χ1n) is 4.76. The van der Waals surface area contributed by atoms with Crippen LogP contribution in [0.15, 0.2) is 0 Å². The van der Waals surface area contributed by atoms with E-state index in [0.717, 1.165) is 6.42 Å². The Morgan fingerprint density at radius 1 is 1.43 bits per heavy atom. The zero-order valence-electron chi connectivity index (χ0n) is 9.50. The summed E-state index contributed by atoms with van der Waals surface area (Å²) in [5.74, 6) is -1.24. The zero-order valence-corrected chi connectivity index (χ0v) is 9.50. The molecule has 0 saturated carbocycles. The number of carbonyl (C=O) groups excluding carboxylic acids is 1. The maximum absolute atomic E-state index is 11.7. The van der Waals surface area contributed by atoms with E-state index in [-0.39, 0.29) is 11.8 Å². The summed E-state index contributed by atoms with van der Waals surface area (Å²) in [5.41, 5.74) is -1.14. The lowest BCUT2D eigenvalue weighted by Gasteiger charge is -2.33. The Hall–Kier alpha value is -1.06. The molecule has 4 nitrogen and oxygen atoms in total. The van der Waals surface area contributed by atoms with E-state index < -0.39 is 11.5 Å². The number of amides is 1. The number of hydrogen-bond donors (Lipinski definition) is 1. The van der Waals surface area contributed by atoms with Gasteiger partial charge in [0, 0.05) is 13.0 Å². The second-order valence-electron chi connectivity index (χ2n) is 4.07. The Morgan fingerprint density at radius 2 is 1.86 bits per heavy atom. The largest absolute Gasteiger partial charge is 0.480 e. The van der Waals surface area contributed by atoms with Crippen molar-refractivity contribution < 1.29 is 14.7 Å². The minimum atomic E-state index is -1.14. The van der Waals surface area contributed by atoms with Crippen molar-refractivity contribution in [2.24, 2.45) is 5.92 Å². The number of hydrogen-bond acceptors (Lipinski definition) is 2. The second kappa shape index (κ2) is 4.44. The van der Waals surface area contributed by atoms with Crippen LogP contribution in [0.5, 0.6) is 0 Å². The number of nitrogens with zero attached hydrogens (tertiary/aromatic N) is 1. The van der Waals surface area contributed by atoms with Crippen LogP contribution in [0.4, 0.5) is 0 Å². The molecule has 1 atom stereocenters. The second-order valence-corrected chi connectivity index (χ2v) is 4.07. The molecule has 0 aliphatic carbocycles. The van der Waals surface area contributed by atoms with Gasteiger partial charge < -0.3 is 10.0 Å². The van der Waals surface area contributed by atoms with Crippen LogP contribution in [0.3, 0.4) is 0 Å². The van der Waals surface area contributed by atoms with E-state index in [1.54, 1.807) is 6.92 Å². The molecule has 0 aromatic rings. The molecular weight excluding hydrogens is 182 g/mol. The van der Waals surface area contributed by atoms with Crippen LogP contribution in [0, 0.1) is 5.92 Å². The van der Waals surface area contributed by atoms with Crippen LogP contribution in [0.2, 0.25) is 0 Å². The Balaban J connectivity index is 4.69. The molecule has 0 bridgehead atoms. The van der Waals surface area contributed by atoms with Gasteiger partial charge in [0.15, 0.2) is 0 Å². The highest BCUT2D eigenvalue weighted by Gasteiger charge is 2.36. The van der Waals surface area contributed by atoms with E-state index in [1.807, 2.05) is 6.92 Å². The summed E-state index contributed by atoms with van der Waals surface area (Å²) in [6.07, 6.45) is 0.721. The monoisotopic (exact) mass is 201 g/mol. The third-order valence-electron chi connectivity index (χ3n) is 2.73. The van der Waals surface area contributed by atoms with Crippen molar-refractivity contribution in [1.82, 2.24) is 4.90 Å². The van der Waals surface area contributed by atoms with Gasteiger partial charge in [0.2, 0.25) is 5.91 Å². The van der Waals surface area contributed by atoms with Crippen LogP contribution in [0.25, 0.3) is 0 Å². The topological polar surface area (TPSA) is 57.6 Å². The Labute approximate surface area is 84.9 Å². The molecule has 1 unspecified atom stereocenters. The average Bonchev–Trinajstić information content (AvgIpc) is 2.13. The summed E-state index contributed by atoms with van der Waals surface area (Å²) in [7, 11) is 1.53. The molecule has 0 spiro atoms. The van der Waals surface area contributed by atoms with E-state index in [9.17, 15) is 9.59 Å². The van der Waals surface area contributed by atoms with Crippen LogP contribution in [-0.2, 0) is 9.59 Å². The highest BCUT2D eigenvalue weighted by atomic mass is 16.4. The van der Waals surface area contributed by atoms with Gasteiger partial charge in [-0.25, -0.2) is 4.79 Å². The molecule has 1 N–H and O–H groups in total. The van der Waals surface area contributed by atoms with E-state index in [2.05, 4.69) is 0 Å². The standard InChI is InChI=1S/C10H19NO3/c1-6-7(2)8(12)11(5)10(3,4)9(13)14/h7H,6H2,1-5H3,(H,13,14). The minimum absolute atomic E-state index is 0.125. The number of likely N-dealkylation sites (N-methyl/N-ethyl adjacent to an activating group) is 1. The van der Waals surface area contributed by atoms with Gasteiger partial charge >= 0.3 is 5.97 Å². The highest BCUT2D eigenvalue weighted by Crippen LogP contribution is 2.16. The number of carbonyl (C=O) groups is 2. The van der Waals surface area contributed by atoms with Crippen LogP contribution in [0.1, 0.15) is 34.1 Å². The maximum atomic E-state index is 11.7. The van der Waals surface area contributed by atoms with Crippen molar-refractivity contribution in [3.05, 3.63) is 0 Å². The molecule has 0 heterocycles. The molecule has 14 heavy (non-hydrogen) atoms. The molecule has 0 aromatic carbocycles. The summed E-state index contributed by atoms with van der Waals surface area (Å²) in [6.45, 7) is 6.76. The van der Waals surface area contributed by atoms with Crippen molar-refractivity contribution in [2.45, 2.75) is 39.7 Å². The molecule has 1 amide bonds. The predicted octanol–water partition coefficient (Wildman–Crippen LogP) is 1.35. The molecule has 0 saturated heterocycles. The van der Waals surface area contributed by atoms with Crippen LogP contribution < -0.4 is 0 Å². The van der Waals surface area contributed by atoms with Crippen molar-refractivity contribution in [3.63, 3.8) is 0 Å². The molecule has 0 fully saturated rings. The van der Waals surface area contributed by atoms with Gasteiger partial charge in [0.25, 0.3) is 0 Å². The summed E-state index contributed by atoms with van der Waals surface area (Å²) in [5, 5.41) is 8.92. The van der Waals surface area contributed by atoms with Crippen molar-refractivity contribution >= 4 is 11.9 Å². The lowest BCUT2D eigenvalue weighted by molar-refractivity contribution is -0.156. The van der Waals surface area contributed by atoms with Gasteiger partial charge in [0.1, 0.15) is 5.54 Å². The van der Waals surface area contributed by atoms with Gasteiger partial charge in [-0.2, -0.15) is 0 Å². The highest BCUT2D eigenvalue weighted by molar-refractivity contribution is 5.87. The number of rotatable bonds is 4. The molecular formula is C10H19NO3.